The minimum absolute atomic E-state index is 0.0537. The molecule has 4 nitrogen and oxygen atoms in total. The van der Waals surface area contributed by atoms with Crippen LogP contribution in [0.2, 0.25) is 0 Å². The number of ether oxygens (including phenoxy) is 3. The second kappa shape index (κ2) is 6.62. The van der Waals surface area contributed by atoms with E-state index in [0.29, 0.717) is 28.4 Å². The Morgan fingerprint density at radius 2 is 1.86 bits per heavy atom. The molecule has 0 aliphatic carbocycles. The zero-order valence-corrected chi connectivity index (χ0v) is 11.7. The van der Waals surface area contributed by atoms with Gasteiger partial charge >= 0.3 is 0 Å². The van der Waals surface area contributed by atoms with Crippen LogP contribution in [0.25, 0.3) is 0 Å². The molecule has 0 saturated heterocycles. The third kappa shape index (κ3) is 3.42. The van der Waals surface area contributed by atoms with Gasteiger partial charge in [-0.3, -0.25) is 0 Å². The summed E-state index contributed by atoms with van der Waals surface area (Å²) in [6.45, 7) is 0.0537. The second-order valence-electron chi connectivity index (χ2n) is 4.22. The molecule has 5 heteroatoms. The number of benzene rings is 2. The highest BCUT2D eigenvalue weighted by Gasteiger charge is 2.09. The molecule has 0 heterocycles. The van der Waals surface area contributed by atoms with Crippen LogP contribution in [-0.2, 0) is 6.61 Å². The fourth-order valence-corrected chi connectivity index (χ4v) is 1.78. The smallest absolute Gasteiger partial charge is 0.162 e. The van der Waals surface area contributed by atoms with Gasteiger partial charge in [-0.2, -0.15) is 5.26 Å². The summed E-state index contributed by atoms with van der Waals surface area (Å²) in [7, 11) is 2.96. The van der Waals surface area contributed by atoms with E-state index in [1.165, 1.54) is 20.3 Å². The quantitative estimate of drug-likeness (QED) is 0.846. The lowest BCUT2D eigenvalue weighted by atomic mass is 10.2. The molecule has 0 aromatic heterocycles. The lowest BCUT2D eigenvalue weighted by molar-refractivity contribution is 0.279. The van der Waals surface area contributed by atoms with Crippen LogP contribution in [-0.4, -0.2) is 14.2 Å². The first-order valence-corrected chi connectivity index (χ1v) is 6.21. The maximum atomic E-state index is 13.8. The predicted molar refractivity (Wildman–Crippen MR) is 75.0 cm³/mol. The van der Waals surface area contributed by atoms with E-state index in [9.17, 15) is 4.39 Å². The van der Waals surface area contributed by atoms with Crippen molar-refractivity contribution in [2.45, 2.75) is 6.61 Å². The third-order valence-corrected chi connectivity index (χ3v) is 2.94. The van der Waals surface area contributed by atoms with Crippen LogP contribution in [0, 0.1) is 17.1 Å². The molecule has 2 aromatic carbocycles. The van der Waals surface area contributed by atoms with Crippen molar-refractivity contribution in [3.63, 3.8) is 0 Å². The molecule has 0 aliphatic heterocycles. The number of methoxy groups -OCH3 is 2. The van der Waals surface area contributed by atoms with E-state index in [2.05, 4.69) is 0 Å². The molecule has 21 heavy (non-hydrogen) atoms. The van der Waals surface area contributed by atoms with E-state index in [1.807, 2.05) is 6.07 Å². The van der Waals surface area contributed by atoms with Crippen molar-refractivity contribution in [1.82, 2.24) is 0 Å². The van der Waals surface area contributed by atoms with E-state index in [1.54, 1.807) is 30.3 Å². The summed E-state index contributed by atoms with van der Waals surface area (Å²) in [5, 5.41) is 8.83. The van der Waals surface area contributed by atoms with Crippen LogP contribution in [0.15, 0.2) is 36.4 Å². The van der Waals surface area contributed by atoms with Crippen molar-refractivity contribution in [3.05, 3.63) is 53.3 Å². The Morgan fingerprint density at radius 3 is 2.48 bits per heavy atom. The average molecular weight is 287 g/mol. The normalized spacial score (nSPS) is 9.81. The summed E-state index contributed by atoms with van der Waals surface area (Å²) < 4.78 is 29.5. The maximum Gasteiger partial charge on any atom is 0.162 e. The topological polar surface area (TPSA) is 51.5 Å². The van der Waals surface area contributed by atoms with Crippen molar-refractivity contribution in [1.29, 1.82) is 5.26 Å². The summed E-state index contributed by atoms with van der Waals surface area (Å²) in [5.41, 5.74) is 0.872. The summed E-state index contributed by atoms with van der Waals surface area (Å²) in [6, 6.07) is 11.4. The molecule has 0 saturated carbocycles. The van der Waals surface area contributed by atoms with Crippen LogP contribution in [0.4, 0.5) is 4.39 Å². The monoisotopic (exact) mass is 287 g/mol. The average Bonchev–Trinajstić information content (AvgIpc) is 2.53. The number of hydrogen-bond donors (Lipinski definition) is 0. The molecule has 0 spiro atoms. The molecule has 0 bridgehead atoms. The molecule has 0 amide bonds. The fraction of sp³-hybridized carbons (Fsp3) is 0.188. The molecule has 0 radical (unpaired) electrons. The Morgan fingerprint density at radius 1 is 1.05 bits per heavy atom. The van der Waals surface area contributed by atoms with Crippen LogP contribution in [0.5, 0.6) is 17.2 Å². The van der Waals surface area contributed by atoms with Gasteiger partial charge < -0.3 is 14.2 Å². The van der Waals surface area contributed by atoms with Gasteiger partial charge in [-0.15, -0.1) is 0 Å². The maximum absolute atomic E-state index is 13.8. The summed E-state index contributed by atoms with van der Waals surface area (Å²) in [5.74, 6) is 0.934. The van der Waals surface area contributed by atoms with Gasteiger partial charge in [0.05, 0.1) is 25.9 Å². The Balaban J connectivity index is 2.15. The fourth-order valence-electron chi connectivity index (χ4n) is 1.78. The van der Waals surface area contributed by atoms with Crippen LogP contribution < -0.4 is 14.2 Å². The van der Waals surface area contributed by atoms with Crippen molar-refractivity contribution >= 4 is 0 Å². The van der Waals surface area contributed by atoms with Crippen LogP contribution in [0.3, 0.4) is 0 Å². The molecular weight excluding hydrogens is 273 g/mol. The van der Waals surface area contributed by atoms with E-state index < -0.39 is 5.82 Å². The summed E-state index contributed by atoms with van der Waals surface area (Å²) in [6.07, 6.45) is 0. The summed E-state index contributed by atoms with van der Waals surface area (Å²) in [4.78, 5) is 0. The first-order chi connectivity index (χ1) is 10.2. The van der Waals surface area contributed by atoms with Crippen molar-refractivity contribution in [3.8, 4) is 23.3 Å². The molecule has 0 fully saturated rings. The van der Waals surface area contributed by atoms with E-state index in [-0.39, 0.29) is 6.61 Å². The molecule has 0 unspecified atom stereocenters. The Bertz CT molecular complexity index is 680. The van der Waals surface area contributed by atoms with E-state index in [4.69, 9.17) is 19.5 Å². The standard InChI is InChI=1S/C16H14FNO3/c1-19-13-5-4-12(14(17)8-13)10-21-15-6-3-11(9-18)7-16(15)20-2/h3-8H,10H2,1-2H3. The van der Waals surface area contributed by atoms with Crippen LogP contribution >= 0.6 is 0 Å². The minimum Gasteiger partial charge on any atom is -0.497 e. The summed E-state index contributed by atoms with van der Waals surface area (Å²) >= 11 is 0. The van der Waals surface area contributed by atoms with Crippen LogP contribution in [0.1, 0.15) is 11.1 Å². The second-order valence-corrected chi connectivity index (χ2v) is 4.22. The number of rotatable bonds is 5. The zero-order valence-electron chi connectivity index (χ0n) is 11.7. The SMILES string of the molecule is COc1ccc(COc2ccc(C#N)cc2OC)c(F)c1. The van der Waals surface area contributed by atoms with Gasteiger partial charge in [-0.05, 0) is 24.3 Å². The van der Waals surface area contributed by atoms with Gasteiger partial charge in [0.25, 0.3) is 0 Å². The molecule has 0 N–H and O–H groups in total. The van der Waals surface area contributed by atoms with Gasteiger partial charge in [-0.1, -0.05) is 0 Å². The minimum atomic E-state index is -0.401. The molecular formula is C16H14FNO3. The highest BCUT2D eigenvalue weighted by Crippen LogP contribution is 2.29. The zero-order chi connectivity index (χ0) is 15.2. The van der Waals surface area contributed by atoms with E-state index in [0.717, 1.165) is 0 Å². The number of hydrogen-bond acceptors (Lipinski definition) is 4. The highest BCUT2D eigenvalue weighted by molar-refractivity contribution is 5.46. The van der Waals surface area contributed by atoms with Gasteiger partial charge in [0.15, 0.2) is 11.5 Å². The highest BCUT2D eigenvalue weighted by atomic mass is 19.1. The third-order valence-electron chi connectivity index (χ3n) is 2.94. The first-order valence-electron chi connectivity index (χ1n) is 6.21. The lowest BCUT2D eigenvalue weighted by Crippen LogP contribution is -2.00. The van der Waals surface area contributed by atoms with Gasteiger partial charge in [0.1, 0.15) is 18.2 Å². The first kappa shape index (κ1) is 14.7. The number of nitrogens with zero attached hydrogens (tertiary/aromatic N) is 1. The molecule has 0 aliphatic rings. The number of halogens is 1. The Hall–Kier alpha value is -2.74. The molecule has 0 atom stereocenters. The molecule has 2 rings (SSSR count). The molecule has 108 valence electrons. The van der Waals surface area contributed by atoms with Gasteiger partial charge in [-0.25, -0.2) is 4.39 Å². The predicted octanol–water partition coefficient (Wildman–Crippen LogP) is 3.29. The Kier molecular flexibility index (Phi) is 4.62. The number of nitriles is 1. The van der Waals surface area contributed by atoms with E-state index >= 15 is 0 Å². The Labute approximate surface area is 122 Å². The van der Waals surface area contributed by atoms with Crippen molar-refractivity contribution < 1.29 is 18.6 Å². The van der Waals surface area contributed by atoms with Crippen molar-refractivity contribution in [2.75, 3.05) is 14.2 Å². The van der Waals surface area contributed by atoms with Crippen molar-refractivity contribution in [2.24, 2.45) is 0 Å². The van der Waals surface area contributed by atoms with Gasteiger partial charge in [0.2, 0.25) is 0 Å². The lowest BCUT2D eigenvalue weighted by Gasteiger charge is -2.11. The molecule has 2 aromatic rings. The van der Waals surface area contributed by atoms with Gasteiger partial charge in [0, 0.05) is 17.7 Å². The largest absolute Gasteiger partial charge is 0.497 e.